The van der Waals surface area contributed by atoms with Crippen molar-refractivity contribution in [1.82, 2.24) is 14.9 Å². The molecule has 0 spiro atoms. The lowest BCUT2D eigenvalue weighted by molar-refractivity contribution is -0.000300. The maximum absolute atomic E-state index is 12.5. The van der Waals surface area contributed by atoms with E-state index in [2.05, 4.69) is 23.8 Å². The zero-order chi connectivity index (χ0) is 16.1. The summed E-state index contributed by atoms with van der Waals surface area (Å²) in [7, 11) is 1.73. The zero-order valence-electron chi connectivity index (χ0n) is 13.6. The molecule has 1 fully saturated rings. The lowest BCUT2D eigenvalue weighted by atomic mass is 10.1. The van der Waals surface area contributed by atoms with Crippen molar-refractivity contribution in [1.29, 1.82) is 0 Å². The van der Waals surface area contributed by atoms with E-state index in [1.54, 1.807) is 18.0 Å². The molecule has 1 amide bonds. The van der Waals surface area contributed by atoms with Gasteiger partial charge < -0.3 is 14.6 Å². The van der Waals surface area contributed by atoms with E-state index in [1.165, 1.54) is 0 Å². The summed E-state index contributed by atoms with van der Waals surface area (Å²) in [6.07, 6.45) is 3.99. The van der Waals surface area contributed by atoms with Gasteiger partial charge in [-0.05, 0) is 37.7 Å². The van der Waals surface area contributed by atoms with Gasteiger partial charge in [0.05, 0.1) is 6.10 Å². The molecule has 22 heavy (non-hydrogen) atoms. The van der Waals surface area contributed by atoms with E-state index in [1.807, 2.05) is 0 Å². The number of hydrogen-bond donors (Lipinski definition) is 1. The highest BCUT2D eigenvalue weighted by atomic mass is 16.5. The summed E-state index contributed by atoms with van der Waals surface area (Å²) in [6.45, 7) is 5.42. The van der Waals surface area contributed by atoms with Crippen LogP contribution in [-0.4, -0.2) is 47.1 Å². The third-order valence-electron chi connectivity index (χ3n) is 3.75. The number of hydrogen-bond acceptors (Lipinski definition) is 4. The van der Waals surface area contributed by atoms with Gasteiger partial charge >= 0.3 is 5.69 Å². The first kappa shape index (κ1) is 16.7. The quantitative estimate of drug-likeness (QED) is 0.896. The normalized spacial score (nSPS) is 18.5. The predicted molar refractivity (Wildman–Crippen MR) is 84.0 cm³/mol. The zero-order valence-corrected chi connectivity index (χ0v) is 13.6. The smallest absolute Gasteiger partial charge is 0.345 e. The van der Waals surface area contributed by atoms with Crippen molar-refractivity contribution in [2.24, 2.45) is 5.92 Å². The fourth-order valence-electron chi connectivity index (χ4n) is 2.70. The molecule has 1 aliphatic rings. The van der Waals surface area contributed by atoms with E-state index >= 15 is 0 Å². The summed E-state index contributed by atoms with van der Waals surface area (Å²) in [6, 6.07) is 1.68. The van der Waals surface area contributed by atoms with Crippen molar-refractivity contribution in [2.75, 3.05) is 20.2 Å². The SMILES string of the molecule is CC(C)Cc1cc(C(=O)N(C)C[C@@H]2CCCCO2)nc(=O)[nH]1. The van der Waals surface area contributed by atoms with Crippen molar-refractivity contribution >= 4 is 5.91 Å². The maximum atomic E-state index is 12.5. The summed E-state index contributed by atoms with van der Waals surface area (Å²) >= 11 is 0. The highest BCUT2D eigenvalue weighted by Gasteiger charge is 2.21. The second-order valence-corrected chi connectivity index (χ2v) is 6.37. The Morgan fingerprint density at radius 2 is 2.27 bits per heavy atom. The van der Waals surface area contributed by atoms with E-state index in [0.717, 1.165) is 31.6 Å². The Morgan fingerprint density at radius 3 is 2.91 bits per heavy atom. The number of H-pyrrole nitrogens is 1. The second kappa shape index (κ2) is 7.54. The van der Waals surface area contributed by atoms with Crippen molar-refractivity contribution in [3.8, 4) is 0 Å². The van der Waals surface area contributed by atoms with Gasteiger partial charge in [-0.1, -0.05) is 13.8 Å². The van der Waals surface area contributed by atoms with Gasteiger partial charge in [0.15, 0.2) is 0 Å². The lowest BCUT2D eigenvalue weighted by Gasteiger charge is -2.27. The minimum atomic E-state index is -0.469. The molecule has 6 nitrogen and oxygen atoms in total. The number of carbonyl (C=O) groups excluding carboxylic acids is 1. The van der Waals surface area contributed by atoms with Gasteiger partial charge in [-0.25, -0.2) is 4.79 Å². The Morgan fingerprint density at radius 1 is 1.50 bits per heavy atom. The third-order valence-corrected chi connectivity index (χ3v) is 3.75. The molecule has 0 saturated carbocycles. The van der Waals surface area contributed by atoms with Gasteiger partial charge in [0.2, 0.25) is 0 Å². The number of likely N-dealkylation sites (N-methyl/N-ethyl adjacent to an activating group) is 1. The number of amides is 1. The second-order valence-electron chi connectivity index (χ2n) is 6.37. The van der Waals surface area contributed by atoms with Crippen molar-refractivity contribution in [3.63, 3.8) is 0 Å². The summed E-state index contributed by atoms with van der Waals surface area (Å²) < 4.78 is 5.65. The van der Waals surface area contributed by atoms with Gasteiger partial charge in [-0.3, -0.25) is 4.79 Å². The molecule has 1 saturated heterocycles. The molecule has 122 valence electrons. The van der Waals surface area contributed by atoms with Gasteiger partial charge in [0.1, 0.15) is 5.69 Å². The first-order valence-corrected chi connectivity index (χ1v) is 7.93. The molecule has 1 aromatic heterocycles. The Labute approximate surface area is 130 Å². The number of nitrogens with zero attached hydrogens (tertiary/aromatic N) is 2. The molecule has 0 aromatic carbocycles. The number of aromatic nitrogens is 2. The topological polar surface area (TPSA) is 75.3 Å². The van der Waals surface area contributed by atoms with Crippen molar-refractivity contribution in [2.45, 2.75) is 45.6 Å². The molecule has 1 N–H and O–H groups in total. The van der Waals surface area contributed by atoms with E-state index in [-0.39, 0.29) is 17.7 Å². The molecule has 1 aromatic rings. The fraction of sp³-hybridized carbons (Fsp3) is 0.688. The molecule has 1 atom stereocenters. The molecule has 2 heterocycles. The third kappa shape index (κ3) is 4.66. The van der Waals surface area contributed by atoms with Crippen LogP contribution < -0.4 is 5.69 Å². The average molecular weight is 307 g/mol. The molecule has 0 bridgehead atoms. The Balaban J connectivity index is 2.07. The number of carbonyl (C=O) groups is 1. The molecule has 0 aliphatic carbocycles. The first-order valence-electron chi connectivity index (χ1n) is 7.93. The van der Waals surface area contributed by atoms with Crippen LogP contribution in [0.2, 0.25) is 0 Å². The minimum Gasteiger partial charge on any atom is -0.376 e. The Bertz CT molecular complexity index is 562. The van der Waals surface area contributed by atoms with Crippen LogP contribution in [0.4, 0.5) is 0 Å². The largest absolute Gasteiger partial charge is 0.376 e. The summed E-state index contributed by atoms with van der Waals surface area (Å²) in [5, 5.41) is 0. The molecule has 6 heteroatoms. The number of aromatic amines is 1. The van der Waals surface area contributed by atoms with Crippen LogP contribution in [0.5, 0.6) is 0 Å². The minimum absolute atomic E-state index is 0.0832. The lowest BCUT2D eigenvalue weighted by Crippen LogP contribution is -2.38. The van der Waals surface area contributed by atoms with Gasteiger partial charge in [0, 0.05) is 25.9 Å². The van der Waals surface area contributed by atoms with Crippen molar-refractivity contribution in [3.05, 3.63) is 27.9 Å². The van der Waals surface area contributed by atoms with E-state index in [9.17, 15) is 9.59 Å². The standard InChI is InChI=1S/C16H25N3O3/c1-11(2)8-12-9-14(18-16(21)17-12)15(20)19(3)10-13-6-4-5-7-22-13/h9,11,13H,4-8,10H2,1-3H3,(H,17,18,21)/t13-/m0/s1. The van der Waals surface area contributed by atoms with Gasteiger partial charge in [-0.2, -0.15) is 4.98 Å². The monoisotopic (exact) mass is 307 g/mol. The molecule has 1 aliphatic heterocycles. The van der Waals surface area contributed by atoms with Gasteiger partial charge in [-0.15, -0.1) is 0 Å². The molecular formula is C16H25N3O3. The van der Waals surface area contributed by atoms with E-state index in [0.29, 0.717) is 18.9 Å². The van der Waals surface area contributed by atoms with Crippen LogP contribution in [0, 0.1) is 5.92 Å². The highest BCUT2D eigenvalue weighted by molar-refractivity contribution is 5.92. The number of rotatable bonds is 5. The predicted octanol–water partition coefficient (Wildman–Crippen LogP) is 1.61. The van der Waals surface area contributed by atoms with E-state index in [4.69, 9.17) is 4.74 Å². The molecule has 0 radical (unpaired) electrons. The number of nitrogens with one attached hydrogen (secondary N) is 1. The van der Waals surface area contributed by atoms with Crippen LogP contribution in [-0.2, 0) is 11.2 Å². The van der Waals surface area contributed by atoms with Crippen LogP contribution in [0.25, 0.3) is 0 Å². The number of ether oxygens (including phenoxy) is 1. The van der Waals surface area contributed by atoms with Crippen LogP contribution in [0.3, 0.4) is 0 Å². The van der Waals surface area contributed by atoms with Crippen LogP contribution in [0.1, 0.15) is 49.3 Å². The summed E-state index contributed by atoms with van der Waals surface area (Å²) in [4.78, 5) is 32.2. The molecule has 2 rings (SSSR count). The van der Waals surface area contributed by atoms with Crippen LogP contribution >= 0.6 is 0 Å². The summed E-state index contributed by atoms with van der Waals surface area (Å²) in [5.74, 6) is 0.166. The highest BCUT2D eigenvalue weighted by Crippen LogP contribution is 2.14. The molecule has 0 unspecified atom stereocenters. The van der Waals surface area contributed by atoms with Gasteiger partial charge in [0.25, 0.3) is 5.91 Å². The molecular weight excluding hydrogens is 282 g/mol. The maximum Gasteiger partial charge on any atom is 0.345 e. The summed E-state index contributed by atoms with van der Waals surface area (Å²) in [5.41, 5.74) is 0.488. The fourth-order valence-corrected chi connectivity index (χ4v) is 2.70. The van der Waals surface area contributed by atoms with E-state index < -0.39 is 5.69 Å². The average Bonchev–Trinajstić information content (AvgIpc) is 2.46. The van der Waals surface area contributed by atoms with Crippen molar-refractivity contribution < 1.29 is 9.53 Å². The van der Waals surface area contributed by atoms with Crippen LogP contribution in [0.15, 0.2) is 10.9 Å². The Hall–Kier alpha value is -1.69. The first-order chi connectivity index (χ1) is 10.5. The Kier molecular flexibility index (Phi) is 5.71.